The number of halogens is 2. The zero-order valence-electron chi connectivity index (χ0n) is 10.5. The van der Waals surface area contributed by atoms with Crippen molar-refractivity contribution in [1.29, 1.82) is 0 Å². The molecular weight excluding hydrogens is 323 g/mol. The van der Waals surface area contributed by atoms with Gasteiger partial charge in [-0.2, -0.15) is 0 Å². The van der Waals surface area contributed by atoms with Crippen molar-refractivity contribution in [3.8, 4) is 0 Å². The summed E-state index contributed by atoms with van der Waals surface area (Å²) in [6.45, 7) is 0. The van der Waals surface area contributed by atoms with E-state index >= 15 is 0 Å². The second-order valence-corrected chi connectivity index (χ2v) is 5.56. The van der Waals surface area contributed by atoms with Crippen molar-refractivity contribution in [2.75, 3.05) is 0 Å². The molecule has 0 aliphatic carbocycles. The zero-order valence-corrected chi connectivity index (χ0v) is 12.1. The van der Waals surface area contributed by atoms with Gasteiger partial charge in [-0.3, -0.25) is 0 Å². The van der Waals surface area contributed by atoms with Gasteiger partial charge in [0.1, 0.15) is 23.3 Å². The molecule has 0 aliphatic heterocycles. The second-order valence-electron chi connectivity index (χ2n) is 4.64. The standard InChI is InChI=1S/C16H12BrFO2/c17-12-6-5-10(13(18)9-12)7-14(19)16-8-11-3-1-2-4-15(11)20-16/h1-6,8-9,14,19H,7H2. The molecule has 0 aliphatic rings. The van der Waals surface area contributed by atoms with E-state index in [1.54, 1.807) is 18.2 Å². The SMILES string of the molecule is OC(Cc1ccc(Br)cc1F)c1cc2ccccc2o1. The molecule has 0 fully saturated rings. The van der Waals surface area contributed by atoms with Crippen molar-refractivity contribution in [2.45, 2.75) is 12.5 Å². The Kier molecular flexibility index (Phi) is 3.59. The minimum absolute atomic E-state index is 0.179. The van der Waals surface area contributed by atoms with Crippen LogP contribution in [0, 0.1) is 5.82 Å². The minimum Gasteiger partial charge on any atom is -0.458 e. The summed E-state index contributed by atoms with van der Waals surface area (Å²) >= 11 is 3.21. The molecule has 1 N–H and O–H groups in total. The highest BCUT2D eigenvalue weighted by atomic mass is 79.9. The van der Waals surface area contributed by atoms with E-state index in [1.165, 1.54) is 6.07 Å². The summed E-state index contributed by atoms with van der Waals surface area (Å²) < 4.78 is 20.0. The van der Waals surface area contributed by atoms with Gasteiger partial charge in [0.15, 0.2) is 0 Å². The van der Waals surface area contributed by atoms with Crippen LogP contribution in [0.5, 0.6) is 0 Å². The summed E-state index contributed by atoms with van der Waals surface area (Å²) in [5, 5.41) is 11.1. The first kappa shape index (κ1) is 13.3. The van der Waals surface area contributed by atoms with Gasteiger partial charge in [0.2, 0.25) is 0 Å². The smallest absolute Gasteiger partial charge is 0.134 e. The van der Waals surface area contributed by atoms with Crippen LogP contribution < -0.4 is 0 Å². The number of aliphatic hydroxyl groups excluding tert-OH is 1. The lowest BCUT2D eigenvalue weighted by atomic mass is 10.1. The Hall–Kier alpha value is -1.65. The van der Waals surface area contributed by atoms with Crippen molar-refractivity contribution in [1.82, 2.24) is 0 Å². The Morgan fingerprint density at radius 2 is 1.95 bits per heavy atom. The molecule has 20 heavy (non-hydrogen) atoms. The van der Waals surface area contributed by atoms with Crippen molar-refractivity contribution in [3.05, 3.63) is 70.1 Å². The van der Waals surface area contributed by atoms with E-state index in [1.807, 2.05) is 24.3 Å². The number of para-hydroxylation sites is 1. The van der Waals surface area contributed by atoms with E-state index < -0.39 is 6.10 Å². The van der Waals surface area contributed by atoms with Crippen molar-refractivity contribution in [2.24, 2.45) is 0 Å². The third-order valence-electron chi connectivity index (χ3n) is 3.20. The predicted octanol–water partition coefficient (Wildman–Crippen LogP) is 4.61. The lowest BCUT2D eigenvalue weighted by molar-refractivity contribution is 0.151. The number of rotatable bonds is 3. The van der Waals surface area contributed by atoms with Gasteiger partial charge < -0.3 is 9.52 Å². The molecule has 0 bridgehead atoms. The first-order valence-corrected chi connectivity index (χ1v) is 7.03. The Balaban J connectivity index is 1.86. The Bertz CT molecular complexity index is 718. The molecule has 3 rings (SSSR count). The molecular formula is C16H12BrFO2. The Morgan fingerprint density at radius 3 is 2.70 bits per heavy atom. The van der Waals surface area contributed by atoms with E-state index in [4.69, 9.17) is 4.42 Å². The fourth-order valence-electron chi connectivity index (χ4n) is 2.16. The third kappa shape index (κ3) is 2.62. The monoisotopic (exact) mass is 334 g/mol. The number of benzene rings is 2. The summed E-state index contributed by atoms with van der Waals surface area (Å²) in [5.41, 5.74) is 1.18. The van der Waals surface area contributed by atoms with E-state index in [0.717, 1.165) is 11.0 Å². The molecule has 2 aromatic carbocycles. The minimum atomic E-state index is -0.863. The summed E-state index contributed by atoms with van der Waals surface area (Å²) in [4.78, 5) is 0. The zero-order chi connectivity index (χ0) is 14.1. The lowest BCUT2D eigenvalue weighted by Crippen LogP contribution is -2.02. The van der Waals surface area contributed by atoms with E-state index in [2.05, 4.69) is 15.9 Å². The van der Waals surface area contributed by atoms with Gasteiger partial charge in [-0.15, -0.1) is 0 Å². The predicted molar refractivity (Wildman–Crippen MR) is 79.0 cm³/mol. The van der Waals surface area contributed by atoms with Gasteiger partial charge in [-0.1, -0.05) is 40.2 Å². The van der Waals surface area contributed by atoms with Crippen LogP contribution in [0.25, 0.3) is 11.0 Å². The fraction of sp³-hybridized carbons (Fsp3) is 0.125. The van der Waals surface area contributed by atoms with Crippen LogP contribution in [0.15, 0.2) is 57.4 Å². The second kappa shape index (κ2) is 5.38. The molecule has 0 saturated heterocycles. The van der Waals surface area contributed by atoms with Crippen LogP contribution in [0.4, 0.5) is 4.39 Å². The number of fused-ring (bicyclic) bond motifs is 1. The Morgan fingerprint density at radius 1 is 1.15 bits per heavy atom. The molecule has 1 unspecified atom stereocenters. The number of aliphatic hydroxyl groups is 1. The van der Waals surface area contributed by atoms with Crippen molar-refractivity contribution >= 4 is 26.9 Å². The molecule has 1 aromatic heterocycles. The molecule has 3 aromatic rings. The molecule has 1 heterocycles. The van der Waals surface area contributed by atoms with Crippen LogP contribution in [0.1, 0.15) is 17.4 Å². The maximum atomic E-state index is 13.8. The molecule has 0 saturated carbocycles. The van der Waals surface area contributed by atoms with Crippen LogP contribution in [-0.2, 0) is 6.42 Å². The average molecular weight is 335 g/mol. The van der Waals surface area contributed by atoms with Crippen LogP contribution in [-0.4, -0.2) is 5.11 Å². The quantitative estimate of drug-likeness (QED) is 0.758. The molecule has 0 radical (unpaired) electrons. The van der Waals surface area contributed by atoms with Gasteiger partial charge in [0.05, 0.1) is 0 Å². The first-order chi connectivity index (χ1) is 9.63. The lowest BCUT2D eigenvalue weighted by Gasteiger charge is -2.08. The van der Waals surface area contributed by atoms with Crippen LogP contribution >= 0.6 is 15.9 Å². The first-order valence-electron chi connectivity index (χ1n) is 6.24. The topological polar surface area (TPSA) is 33.4 Å². The number of hydrogen-bond acceptors (Lipinski definition) is 2. The number of furan rings is 1. The highest BCUT2D eigenvalue weighted by Gasteiger charge is 2.16. The van der Waals surface area contributed by atoms with Crippen LogP contribution in [0.3, 0.4) is 0 Å². The highest BCUT2D eigenvalue weighted by Crippen LogP contribution is 2.27. The van der Waals surface area contributed by atoms with Crippen molar-refractivity contribution < 1.29 is 13.9 Å². The highest BCUT2D eigenvalue weighted by molar-refractivity contribution is 9.10. The normalized spacial score (nSPS) is 12.8. The van der Waals surface area contributed by atoms with E-state index in [9.17, 15) is 9.50 Å². The van der Waals surface area contributed by atoms with Gasteiger partial charge in [0, 0.05) is 16.3 Å². The molecule has 0 amide bonds. The maximum absolute atomic E-state index is 13.8. The van der Waals surface area contributed by atoms with Gasteiger partial charge >= 0.3 is 0 Å². The third-order valence-corrected chi connectivity index (χ3v) is 3.69. The molecule has 4 heteroatoms. The summed E-state index contributed by atoms with van der Waals surface area (Å²) in [7, 11) is 0. The largest absolute Gasteiger partial charge is 0.458 e. The maximum Gasteiger partial charge on any atom is 0.134 e. The van der Waals surface area contributed by atoms with Crippen LogP contribution in [0.2, 0.25) is 0 Å². The average Bonchev–Trinajstić information content (AvgIpc) is 2.86. The van der Waals surface area contributed by atoms with Crippen molar-refractivity contribution in [3.63, 3.8) is 0 Å². The summed E-state index contributed by atoms with van der Waals surface area (Å²) in [6.07, 6.45) is -0.683. The summed E-state index contributed by atoms with van der Waals surface area (Å²) in [6, 6.07) is 14.1. The molecule has 1 atom stereocenters. The van der Waals surface area contributed by atoms with E-state index in [-0.39, 0.29) is 12.2 Å². The fourth-order valence-corrected chi connectivity index (χ4v) is 2.50. The van der Waals surface area contributed by atoms with E-state index in [0.29, 0.717) is 15.8 Å². The molecule has 102 valence electrons. The molecule has 0 spiro atoms. The van der Waals surface area contributed by atoms with Gasteiger partial charge in [0.25, 0.3) is 0 Å². The summed E-state index contributed by atoms with van der Waals surface area (Å²) in [5.74, 6) is 0.114. The van der Waals surface area contributed by atoms with Gasteiger partial charge in [-0.25, -0.2) is 4.39 Å². The molecule has 2 nitrogen and oxygen atoms in total. The van der Waals surface area contributed by atoms with Gasteiger partial charge in [-0.05, 0) is 29.8 Å². The number of hydrogen-bond donors (Lipinski definition) is 1. The Labute approximate surface area is 124 Å².